The lowest BCUT2D eigenvalue weighted by Crippen LogP contribution is -2.26. The molecule has 2 aliphatic rings. The normalized spacial score (nSPS) is 28.2. The Morgan fingerprint density at radius 2 is 1.83 bits per heavy atom. The van der Waals surface area contributed by atoms with Crippen molar-refractivity contribution >= 4 is 26.7 Å². The maximum absolute atomic E-state index is 4.77. The Bertz CT molecular complexity index is 532. The second-order valence-electron chi connectivity index (χ2n) is 5.61. The highest BCUT2D eigenvalue weighted by molar-refractivity contribution is 7.22. The summed E-state index contributed by atoms with van der Waals surface area (Å²) in [5.41, 5.74) is 1.15. The molecule has 4 heteroatoms. The van der Waals surface area contributed by atoms with Gasteiger partial charge in [0, 0.05) is 26.2 Å². The van der Waals surface area contributed by atoms with Crippen molar-refractivity contribution in [2.75, 3.05) is 38.1 Å². The molecule has 3 heterocycles. The van der Waals surface area contributed by atoms with E-state index >= 15 is 0 Å². The Kier molecular flexibility index (Phi) is 2.35. The summed E-state index contributed by atoms with van der Waals surface area (Å²) in [5, 5.41) is 1.22. The first-order valence-electron chi connectivity index (χ1n) is 6.58. The number of fused-ring (bicyclic) bond motifs is 2. The number of nitrogens with zero attached hydrogens (tertiary/aromatic N) is 3. The largest absolute Gasteiger partial charge is 0.347 e. The van der Waals surface area contributed by atoms with Crippen LogP contribution < -0.4 is 4.90 Å². The van der Waals surface area contributed by atoms with Crippen LogP contribution in [0.3, 0.4) is 0 Å². The first kappa shape index (κ1) is 10.8. The average molecular weight is 259 g/mol. The predicted molar refractivity (Wildman–Crippen MR) is 76.3 cm³/mol. The van der Waals surface area contributed by atoms with Crippen LogP contribution in [0.15, 0.2) is 24.3 Å². The van der Waals surface area contributed by atoms with Crippen molar-refractivity contribution in [3.63, 3.8) is 0 Å². The molecule has 0 N–H and O–H groups in total. The molecule has 94 valence electrons. The Balaban J connectivity index is 1.61. The van der Waals surface area contributed by atoms with E-state index in [-0.39, 0.29) is 0 Å². The summed E-state index contributed by atoms with van der Waals surface area (Å²) in [7, 11) is 2.24. The van der Waals surface area contributed by atoms with Gasteiger partial charge < -0.3 is 9.80 Å². The van der Waals surface area contributed by atoms with E-state index in [1.165, 1.54) is 36.0 Å². The number of hydrogen-bond acceptors (Lipinski definition) is 4. The lowest BCUT2D eigenvalue weighted by molar-refractivity contribution is 0.387. The van der Waals surface area contributed by atoms with Crippen LogP contribution in [-0.2, 0) is 0 Å². The highest BCUT2D eigenvalue weighted by Gasteiger charge is 2.39. The third-order valence-electron chi connectivity index (χ3n) is 4.22. The van der Waals surface area contributed by atoms with Gasteiger partial charge in [0.15, 0.2) is 5.13 Å². The zero-order valence-corrected chi connectivity index (χ0v) is 11.4. The molecule has 4 rings (SSSR count). The van der Waals surface area contributed by atoms with E-state index in [4.69, 9.17) is 4.98 Å². The first-order chi connectivity index (χ1) is 8.79. The monoisotopic (exact) mass is 259 g/mol. The SMILES string of the molecule is CN1C[C@H]2CN(c3nc4ccccc4s3)C[C@@H]2C1. The van der Waals surface area contributed by atoms with Gasteiger partial charge in [0.1, 0.15) is 0 Å². The number of para-hydroxylation sites is 1. The van der Waals surface area contributed by atoms with Crippen molar-refractivity contribution in [3.05, 3.63) is 24.3 Å². The Morgan fingerprint density at radius 3 is 2.56 bits per heavy atom. The number of rotatable bonds is 1. The van der Waals surface area contributed by atoms with Gasteiger partial charge in [-0.15, -0.1) is 0 Å². The lowest BCUT2D eigenvalue weighted by Gasteiger charge is -2.17. The van der Waals surface area contributed by atoms with Crippen molar-refractivity contribution < 1.29 is 0 Å². The van der Waals surface area contributed by atoms with Gasteiger partial charge in [-0.3, -0.25) is 0 Å². The second kappa shape index (κ2) is 3.93. The van der Waals surface area contributed by atoms with Crippen molar-refractivity contribution in [2.24, 2.45) is 11.8 Å². The van der Waals surface area contributed by atoms with Crippen LogP contribution in [-0.4, -0.2) is 43.1 Å². The molecular weight excluding hydrogens is 242 g/mol. The Labute approximate surface area is 111 Å². The molecule has 2 fully saturated rings. The smallest absolute Gasteiger partial charge is 0.186 e. The van der Waals surface area contributed by atoms with Crippen LogP contribution in [0.1, 0.15) is 0 Å². The van der Waals surface area contributed by atoms with E-state index in [9.17, 15) is 0 Å². The minimum absolute atomic E-state index is 0.849. The summed E-state index contributed by atoms with van der Waals surface area (Å²) in [4.78, 5) is 9.73. The number of likely N-dealkylation sites (tertiary alicyclic amines) is 1. The lowest BCUT2D eigenvalue weighted by atomic mass is 10.0. The average Bonchev–Trinajstić information content (AvgIpc) is 2.98. The molecule has 3 nitrogen and oxygen atoms in total. The number of benzene rings is 1. The fourth-order valence-electron chi connectivity index (χ4n) is 3.38. The topological polar surface area (TPSA) is 19.4 Å². The predicted octanol–water partition coefficient (Wildman–Crippen LogP) is 2.29. The fourth-order valence-corrected chi connectivity index (χ4v) is 4.36. The molecule has 2 atom stereocenters. The summed E-state index contributed by atoms with van der Waals surface area (Å²) < 4.78 is 1.31. The highest BCUT2D eigenvalue weighted by Crippen LogP contribution is 2.36. The van der Waals surface area contributed by atoms with Crippen LogP contribution in [0.25, 0.3) is 10.2 Å². The van der Waals surface area contributed by atoms with Gasteiger partial charge in [-0.25, -0.2) is 4.98 Å². The van der Waals surface area contributed by atoms with Crippen molar-refractivity contribution in [1.29, 1.82) is 0 Å². The molecule has 0 radical (unpaired) electrons. The van der Waals surface area contributed by atoms with Crippen LogP contribution in [0.4, 0.5) is 5.13 Å². The number of anilines is 1. The Morgan fingerprint density at radius 1 is 1.11 bits per heavy atom. The van der Waals surface area contributed by atoms with E-state index in [1.807, 2.05) is 11.3 Å². The van der Waals surface area contributed by atoms with Crippen LogP contribution in [0.2, 0.25) is 0 Å². The third-order valence-corrected chi connectivity index (χ3v) is 5.32. The second-order valence-corrected chi connectivity index (χ2v) is 6.62. The molecule has 1 aromatic heterocycles. The minimum Gasteiger partial charge on any atom is -0.347 e. The summed E-state index contributed by atoms with van der Waals surface area (Å²) in [6.45, 7) is 4.89. The van der Waals surface area contributed by atoms with E-state index in [0.717, 1.165) is 17.4 Å². The van der Waals surface area contributed by atoms with Crippen molar-refractivity contribution in [1.82, 2.24) is 9.88 Å². The molecule has 0 saturated carbocycles. The van der Waals surface area contributed by atoms with Gasteiger partial charge >= 0.3 is 0 Å². The summed E-state index contributed by atoms with van der Waals surface area (Å²) in [5.74, 6) is 1.70. The summed E-state index contributed by atoms with van der Waals surface area (Å²) in [6.07, 6.45) is 0. The molecule has 0 aliphatic carbocycles. The van der Waals surface area contributed by atoms with Crippen LogP contribution >= 0.6 is 11.3 Å². The molecule has 2 aromatic rings. The Hall–Kier alpha value is -1.13. The molecule has 18 heavy (non-hydrogen) atoms. The fraction of sp³-hybridized carbons (Fsp3) is 0.500. The van der Waals surface area contributed by atoms with Gasteiger partial charge in [-0.2, -0.15) is 0 Å². The third kappa shape index (κ3) is 1.63. The number of hydrogen-bond donors (Lipinski definition) is 0. The van der Waals surface area contributed by atoms with Crippen molar-refractivity contribution in [3.8, 4) is 0 Å². The quantitative estimate of drug-likeness (QED) is 0.783. The highest BCUT2D eigenvalue weighted by atomic mass is 32.1. The van der Waals surface area contributed by atoms with Gasteiger partial charge in [-0.05, 0) is 31.0 Å². The van der Waals surface area contributed by atoms with Gasteiger partial charge in [0.05, 0.1) is 10.2 Å². The van der Waals surface area contributed by atoms with Gasteiger partial charge in [0.25, 0.3) is 0 Å². The van der Waals surface area contributed by atoms with E-state index in [1.54, 1.807) is 0 Å². The first-order valence-corrected chi connectivity index (χ1v) is 7.40. The molecule has 2 aliphatic heterocycles. The molecule has 2 saturated heterocycles. The minimum atomic E-state index is 0.849. The molecule has 0 bridgehead atoms. The number of aromatic nitrogens is 1. The van der Waals surface area contributed by atoms with E-state index in [0.29, 0.717) is 0 Å². The molecule has 1 aromatic carbocycles. The maximum Gasteiger partial charge on any atom is 0.186 e. The van der Waals surface area contributed by atoms with E-state index < -0.39 is 0 Å². The van der Waals surface area contributed by atoms with E-state index in [2.05, 4.69) is 41.1 Å². The summed E-state index contributed by atoms with van der Waals surface area (Å²) in [6, 6.07) is 8.44. The zero-order chi connectivity index (χ0) is 12.1. The van der Waals surface area contributed by atoms with Crippen molar-refractivity contribution in [2.45, 2.75) is 0 Å². The van der Waals surface area contributed by atoms with Gasteiger partial charge in [0.2, 0.25) is 0 Å². The molecule has 0 spiro atoms. The van der Waals surface area contributed by atoms with Crippen LogP contribution in [0.5, 0.6) is 0 Å². The number of thiazole rings is 1. The van der Waals surface area contributed by atoms with Crippen LogP contribution in [0, 0.1) is 11.8 Å². The maximum atomic E-state index is 4.77. The summed E-state index contributed by atoms with van der Waals surface area (Å²) >= 11 is 1.84. The zero-order valence-electron chi connectivity index (χ0n) is 10.5. The standard InChI is InChI=1S/C14H17N3S/c1-16-6-10-8-17(9-11(10)7-16)14-15-12-4-2-3-5-13(12)18-14/h2-5,10-11H,6-9H2,1H3/t10-,11-/m0/s1. The molecular formula is C14H17N3S. The van der Waals surface area contributed by atoms with Gasteiger partial charge in [-0.1, -0.05) is 23.5 Å². The molecule has 0 unspecified atom stereocenters. The molecule has 0 amide bonds.